The molecule has 0 aromatic heterocycles. The lowest BCUT2D eigenvalue weighted by Crippen LogP contribution is -2.33. The van der Waals surface area contributed by atoms with Crippen LogP contribution in [-0.2, 0) is 6.18 Å². The Balaban J connectivity index is 2.40. The monoisotopic (exact) mass is 333 g/mol. The largest absolute Gasteiger partial charge is 0.416 e. The van der Waals surface area contributed by atoms with Crippen LogP contribution < -0.4 is 10.6 Å². The molecule has 1 fully saturated rings. The highest BCUT2D eigenvalue weighted by molar-refractivity contribution is 6.28. The number of amidine groups is 1. The van der Waals surface area contributed by atoms with Gasteiger partial charge < -0.3 is 10.6 Å². The second-order valence-electron chi connectivity index (χ2n) is 5.61. The molecule has 0 saturated carbocycles. The van der Waals surface area contributed by atoms with E-state index in [-0.39, 0.29) is 17.4 Å². The van der Waals surface area contributed by atoms with Crippen LogP contribution in [0.2, 0.25) is 0 Å². The number of halogens is 4. The van der Waals surface area contributed by atoms with Gasteiger partial charge in [-0.05, 0) is 37.0 Å². The third kappa shape index (κ3) is 4.06. The van der Waals surface area contributed by atoms with E-state index < -0.39 is 11.7 Å². The van der Waals surface area contributed by atoms with E-state index in [2.05, 4.69) is 16.8 Å². The van der Waals surface area contributed by atoms with E-state index in [4.69, 9.17) is 17.3 Å². The zero-order valence-corrected chi connectivity index (χ0v) is 13.1. The van der Waals surface area contributed by atoms with E-state index in [0.717, 1.165) is 38.1 Å². The minimum atomic E-state index is -4.41. The van der Waals surface area contributed by atoms with Crippen molar-refractivity contribution in [3.63, 3.8) is 0 Å². The minimum absolute atomic E-state index is 0.0211. The number of alkyl halides is 4. The maximum Gasteiger partial charge on any atom is 0.416 e. The van der Waals surface area contributed by atoms with Gasteiger partial charge in [0.05, 0.1) is 22.8 Å². The van der Waals surface area contributed by atoms with Crippen molar-refractivity contribution < 1.29 is 13.2 Å². The van der Waals surface area contributed by atoms with Crippen LogP contribution in [0.15, 0.2) is 23.2 Å². The Morgan fingerprint density at radius 2 is 2.00 bits per heavy atom. The van der Waals surface area contributed by atoms with Gasteiger partial charge in [-0.1, -0.05) is 6.92 Å². The minimum Gasteiger partial charge on any atom is -0.386 e. The van der Waals surface area contributed by atoms with Crippen LogP contribution in [0.3, 0.4) is 0 Å². The Morgan fingerprint density at radius 3 is 2.55 bits per heavy atom. The Labute approximate surface area is 133 Å². The third-order valence-electron chi connectivity index (χ3n) is 3.83. The molecule has 1 aromatic carbocycles. The van der Waals surface area contributed by atoms with Gasteiger partial charge in [0.2, 0.25) is 0 Å². The summed E-state index contributed by atoms with van der Waals surface area (Å²) >= 11 is 5.60. The van der Waals surface area contributed by atoms with Crippen molar-refractivity contribution in [2.45, 2.75) is 25.9 Å². The molecule has 1 aliphatic rings. The van der Waals surface area contributed by atoms with Crippen molar-refractivity contribution >= 4 is 28.8 Å². The van der Waals surface area contributed by atoms with Crippen molar-refractivity contribution in [3.8, 4) is 0 Å². The second-order valence-corrected chi connectivity index (χ2v) is 5.87. The highest BCUT2D eigenvalue weighted by Gasteiger charge is 2.31. The van der Waals surface area contributed by atoms with Crippen LogP contribution in [0.4, 0.5) is 24.5 Å². The standard InChI is InChI=1S/C15H19ClF3N3/c1-10-4-6-22(7-5-10)13-3-2-11(15(17,18)19)8-12(13)21-14(20)9-16/h2-3,8,10H,4-7,9H2,1H3,(H2,20,21). The van der Waals surface area contributed by atoms with Gasteiger partial charge in [-0.25, -0.2) is 4.99 Å². The first kappa shape index (κ1) is 16.9. The van der Waals surface area contributed by atoms with Gasteiger partial charge in [-0.15, -0.1) is 11.6 Å². The van der Waals surface area contributed by atoms with E-state index in [9.17, 15) is 13.2 Å². The molecule has 0 aliphatic carbocycles. The number of benzene rings is 1. The van der Waals surface area contributed by atoms with Crippen molar-refractivity contribution in [2.75, 3.05) is 23.9 Å². The molecule has 0 bridgehead atoms. The van der Waals surface area contributed by atoms with E-state index in [1.807, 2.05) is 0 Å². The topological polar surface area (TPSA) is 41.6 Å². The Hall–Kier alpha value is -1.43. The average molecular weight is 334 g/mol. The predicted octanol–water partition coefficient (Wildman–Crippen LogP) is 4.17. The summed E-state index contributed by atoms with van der Waals surface area (Å²) in [6.45, 7) is 3.78. The van der Waals surface area contributed by atoms with Crippen LogP contribution in [0.25, 0.3) is 0 Å². The fourth-order valence-electron chi connectivity index (χ4n) is 2.49. The smallest absolute Gasteiger partial charge is 0.386 e. The van der Waals surface area contributed by atoms with Crippen LogP contribution >= 0.6 is 11.6 Å². The first-order valence-corrected chi connectivity index (χ1v) is 7.70. The molecule has 0 atom stereocenters. The van der Waals surface area contributed by atoms with Crippen molar-refractivity contribution in [3.05, 3.63) is 23.8 Å². The normalized spacial score (nSPS) is 17.9. The summed E-state index contributed by atoms with van der Waals surface area (Å²) in [5.41, 5.74) is 5.77. The van der Waals surface area contributed by atoms with E-state index in [0.29, 0.717) is 11.6 Å². The summed E-state index contributed by atoms with van der Waals surface area (Å²) in [5, 5.41) is 0. The summed E-state index contributed by atoms with van der Waals surface area (Å²) in [4.78, 5) is 6.12. The molecule has 0 unspecified atom stereocenters. The Morgan fingerprint density at radius 1 is 1.36 bits per heavy atom. The lowest BCUT2D eigenvalue weighted by atomic mass is 9.98. The first-order chi connectivity index (χ1) is 10.3. The van der Waals surface area contributed by atoms with Gasteiger partial charge in [0, 0.05) is 13.1 Å². The average Bonchev–Trinajstić information content (AvgIpc) is 2.47. The molecule has 0 amide bonds. The molecule has 1 saturated heterocycles. The summed E-state index contributed by atoms with van der Waals surface area (Å²) in [5.74, 6) is 0.713. The zero-order valence-electron chi connectivity index (χ0n) is 12.3. The molecule has 7 heteroatoms. The summed E-state index contributed by atoms with van der Waals surface area (Å²) in [6.07, 6.45) is -2.39. The highest BCUT2D eigenvalue weighted by Crippen LogP contribution is 2.38. The molecule has 3 nitrogen and oxygen atoms in total. The van der Waals surface area contributed by atoms with E-state index >= 15 is 0 Å². The predicted molar refractivity (Wildman–Crippen MR) is 84.1 cm³/mol. The van der Waals surface area contributed by atoms with Gasteiger partial charge in [0.25, 0.3) is 0 Å². The van der Waals surface area contributed by atoms with Crippen molar-refractivity contribution in [2.24, 2.45) is 16.6 Å². The Kier molecular flexibility index (Phi) is 5.21. The van der Waals surface area contributed by atoms with Crippen LogP contribution in [0.1, 0.15) is 25.3 Å². The second kappa shape index (κ2) is 6.77. The number of nitrogens with zero attached hydrogens (tertiary/aromatic N) is 2. The molecule has 122 valence electrons. The highest BCUT2D eigenvalue weighted by atomic mass is 35.5. The molecule has 0 spiro atoms. The summed E-state index contributed by atoms with van der Waals surface area (Å²) < 4.78 is 38.7. The van der Waals surface area contributed by atoms with Crippen LogP contribution in [0.5, 0.6) is 0 Å². The quantitative estimate of drug-likeness (QED) is 0.512. The van der Waals surface area contributed by atoms with Crippen molar-refractivity contribution in [1.82, 2.24) is 0 Å². The molecule has 1 heterocycles. The lowest BCUT2D eigenvalue weighted by molar-refractivity contribution is -0.137. The maximum absolute atomic E-state index is 12.9. The summed E-state index contributed by atoms with van der Waals surface area (Å²) in [6, 6.07) is 3.59. The molecular weight excluding hydrogens is 315 g/mol. The fraction of sp³-hybridized carbons (Fsp3) is 0.533. The van der Waals surface area contributed by atoms with Gasteiger partial charge >= 0.3 is 6.18 Å². The molecule has 1 aliphatic heterocycles. The molecule has 0 radical (unpaired) electrons. The molecular formula is C15H19ClF3N3. The number of anilines is 1. The number of hydrogen-bond donors (Lipinski definition) is 1. The molecule has 22 heavy (non-hydrogen) atoms. The number of aliphatic imine (C=N–C) groups is 1. The number of nitrogens with two attached hydrogens (primary N) is 1. The van der Waals surface area contributed by atoms with Crippen LogP contribution in [-0.4, -0.2) is 24.8 Å². The molecule has 1 aromatic rings. The fourth-order valence-corrected chi connectivity index (χ4v) is 2.55. The number of rotatable bonds is 3. The lowest BCUT2D eigenvalue weighted by Gasteiger charge is -2.33. The Bertz CT molecular complexity index is 549. The van der Waals surface area contributed by atoms with Gasteiger partial charge in [0.15, 0.2) is 0 Å². The van der Waals surface area contributed by atoms with Crippen molar-refractivity contribution in [1.29, 1.82) is 0 Å². The molecule has 2 rings (SSSR count). The third-order valence-corrected chi connectivity index (χ3v) is 4.10. The number of hydrogen-bond acceptors (Lipinski definition) is 2. The van der Waals surface area contributed by atoms with E-state index in [1.54, 1.807) is 0 Å². The van der Waals surface area contributed by atoms with Crippen LogP contribution in [0, 0.1) is 5.92 Å². The maximum atomic E-state index is 12.9. The zero-order chi connectivity index (χ0) is 16.3. The first-order valence-electron chi connectivity index (χ1n) is 7.16. The van der Waals surface area contributed by atoms with Gasteiger partial charge in [0.1, 0.15) is 5.84 Å². The van der Waals surface area contributed by atoms with E-state index in [1.165, 1.54) is 6.07 Å². The van der Waals surface area contributed by atoms with Gasteiger partial charge in [-0.3, -0.25) is 0 Å². The number of piperidine rings is 1. The SMILES string of the molecule is CC1CCN(c2ccc(C(F)(F)F)cc2N=C(N)CCl)CC1. The van der Waals surface area contributed by atoms with Gasteiger partial charge in [-0.2, -0.15) is 13.2 Å². The summed E-state index contributed by atoms with van der Waals surface area (Å²) in [7, 11) is 0. The molecule has 2 N–H and O–H groups in total.